The summed E-state index contributed by atoms with van der Waals surface area (Å²) < 4.78 is 17.4. The predicted molar refractivity (Wildman–Crippen MR) is 71.5 cm³/mol. The number of ether oxygens (including phenoxy) is 1. The molecule has 0 heterocycles. The summed E-state index contributed by atoms with van der Waals surface area (Å²) in [5.74, 6) is -1.86. The molecule has 0 bridgehead atoms. The van der Waals surface area contributed by atoms with Crippen molar-refractivity contribution in [3.05, 3.63) is 57.9 Å². The van der Waals surface area contributed by atoms with Gasteiger partial charge in [0.05, 0.1) is 17.6 Å². The van der Waals surface area contributed by atoms with Crippen LogP contribution in [0.1, 0.15) is 10.4 Å². The average molecular weight is 291 g/mol. The monoisotopic (exact) mass is 291 g/mol. The zero-order valence-corrected chi connectivity index (χ0v) is 10.9. The molecule has 108 valence electrons. The van der Waals surface area contributed by atoms with Gasteiger partial charge in [0, 0.05) is 11.6 Å². The van der Waals surface area contributed by atoms with Crippen LogP contribution >= 0.6 is 0 Å². The fraction of sp³-hybridized carbons (Fsp3) is 0.0714. The fourth-order valence-corrected chi connectivity index (χ4v) is 1.84. The number of rotatable bonds is 3. The van der Waals surface area contributed by atoms with E-state index in [0.717, 1.165) is 25.3 Å². The molecule has 1 N–H and O–H groups in total. The number of carbonyl (C=O) groups excluding carboxylic acids is 1. The van der Waals surface area contributed by atoms with Crippen molar-refractivity contribution in [3.63, 3.8) is 0 Å². The Morgan fingerprint density at radius 1 is 1.29 bits per heavy atom. The lowest BCUT2D eigenvalue weighted by molar-refractivity contribution is -0.385. The van der Waals surface area contributed by atoms with Crippen LogP contribution in [-0.4, -0.2) is 23.1 Å². The van der Waals surface area contributed by atoms with Crippen molar-refractivity contribution in [3.8, 4) is 16.9 Å². The van der Waals surface area contributed by atoms with Gasteiger partial charge in [-0.15, -0.1) is 0 Å². The molecular formula is C14H10FNO5. The summed E-state index contributed by atoms with van der Waals surface area (Å²) in [7, 11) is 1.14. The van der Waals surface area contributed by atoms with Crippen LogP contribution in [0.15, 0.2) is 36.4 Å². The molecule has 7 heteroatoms. The van der Waals surface area contributed by atoms with E-state index in [1.807, 2.05) is 0 Å². The number of methoxy groups -OCH3 is 1. The van der Waals surface area contributed by atoms with Gasteiger partial charge in [-0.3, -0.25) is 10.1 Å². The van der Waals surface area contributed by atoms with Gasteiger partial charge in [-0.2, -0.15) is 0 Å². The minimum absolute atomic E-state index is 0.0459. The lowest BCUT2D eigenvalue weighted by Crippen LogP contribution is -2.03. The molecule has 0 radical (unpaired) electrons. The van der Waals surface area contributed by atoms with Crippen molar-refractivity contribution in [1.29, 1.82) is 0 Å². The van der Waals surface area contributed by atoms with E-state index in [1.165, 1.54) is 18.2 Å². The number of hydrogen-bond acceptors (Lipinski definition) is 5. The maximum atomic E-state index is 12.9. The van der Waals surface area contributed by atoms with Crippen molar-refractivity contribution >= 4 is 11.7 Å². The Labute approximate surface area is 118 Å². The van der Waals surface area contributed by atoms with Crippen LogP contribution in [0.3, 0.4) is 0 Å². The van der Waals surface area contributed by atoms with Gasteiger partial charge in [0.15, 0.2) is 0 Å². The molecular weight excluding hydrogens is 281 g/mol. The normalized spacial score (nSPS) is 10.2. The minimum Gasteiger partial charge on any atom is -0.502 e. The molecule has 0 unspecified atom stereocenters. The second-order valence-corrected chi connectivity index (χ2v) is 4.15. The number of phenolic OH excluding ortho intramolecular Hbond substituents is 1. The van der Waals surface area contributed by atoms with Crippen LogP contribution in [0, 0.1) is 15.9 Å². The molecule has 6 nitrogen and oxygen atoms in total. The largest absolute Gasteiger partial charge is 0.502 e. The second kappa shape index (κ2) is 5.58. The molecule has 0 aromatic heterocycles. The van der Waals surface area contributed by atoms with Crippen molar-refractivity contribution < 1.29 is 24.0 Å². The van der Waals surface area contributed by atoms with Crippen molar-refractivity contribution in [2.75, 3.05) is 7.11 Å². The number of nitrogens with zero attached hydrogens (tertiary/aromatic N) is 1. The van der Waals surface area contributed by atoms with Crippen LogP contribution in [-0.2, 0) is 4.74 Å². The molecule has 0 saturated carbocycles. The van der Waals surface area contributed by atoms with Crippen molar-refractivity contribution in [2.45, 2.75) is 0 Å². The SMILES string of the molecule is COC(=O)c1cc(-c2ccc(F)cc2)c(O)c([N+](=O)[O-])c1. The molecule has 21 heavy (non-hydrogen) atoms. The molecule has 0 fully saturated rings. The lowest BCUT2D eigenvalue weighted by Gasteiger charge is -2.08. The van der Waals surface area contributed by atoms with Crippen LogP contribution in [0.5, 0.6) is 5.75 Å². The Hall–Kier alpha value is -2.96. The van der Waals surface area contributed by atoms with Gasteiger partial charge in [-0.05, 0) is 23.8 Å². The van der Waals surface area contributed by atoms with Crippen LogP contribution in [0.25, 0.3) is 11.1 Å². The Kier molecular flexibility index (Phi) is 3.84. The van der Waals surface area contributed by atoms with E-state index in [0.29, 0.717) is 5.56 Å². The van der Waals surface area contributed by atoms with E-state index in [9.17, 15) is 24.4 Å². The zero-order valence-electron chi connectivity index (χ0n) is 10.9. The molecule has 0 saturated heterocycles. The van der Waals surface area contributed by atoms with Crippen molar-refractivity contribution in [1.82, 2.24) is 0 Å². The standard InChI is InChI=1S/C14H10FNO5/c1-21-14(18)9-6-11(8-2-4-10(15)5-3-8)13(17)12(7-9)16(19)20/h2-7,17H,1H3. The maximum Gasteiger partial charge on any atom is 0.338 e. The molecule has 0 aliphatic rings. The van der Waals surface area contributed by atoms with Crippen molar-refractivity contribution in [2.24, 2.45) is 0 Å². The molecule has 2 aromatic rings. The number of carbonyl (C=O) groups is 1. The van der Waals surface area contributed by atoms with E-state index in [1.54, 1.807) is 0 Å². The third-order valence-corrected chi connectivity index (χ3v) is 2.86. The van der Waals surface area contributed by atoms with Gasteiger partial charge >= 0.3 is 11.7 Å². The van der Waals surface area contributed by atoms with Gasteiger partial charge in [0.25, 0.3) is 0 Å². The molecule has 0 spiro atoms. The van der Waals surface area contributed by atoms with Crippen LogP contribution < -0.4 is 0 Å². The van der Waals surface area contributed by atoms with Gasteiger partial charge in [-0.25, -0.2) is 9.18 Å². The van der Waals surface area contributed by atoms with E-state index in [-0.39, 0.29) is 11.1 Å². The second-order valence-electron chi connectivity index (χ2n) is 4.15. The third kappa shape index (κ3) is 2.81. The quantitative estimate of drug-likeness (QED) is 0.533. The number of nitro benzene ring substituents is 1. The predicted octanol–water partition coefficient (Wildman–Crippen LogP) is 2.89. The van der Waals surface area contributed by atoms with E-state index in [2.05, 4.69) is 4.74 Å². The fourth-order valence-electron chi connectivity index (χ4n) is 1.84. The number of hydrogen-bond donors (Lipinski definition) is 1. The highest BCUT2D eigenvalue weighted by Gasteiger charge is 2.22. The summed E-state index contributed by atoms with van der Waals surface area (Å²) in [5.41, 5.74) is -0.328. The Balaban J connectivity index is 2.68. The lowest BCUT2D eigenvalue weighted by atomic mass is 10.0. The molecule has 2 rings (SSSR count). The number of esters is 1. The smallest absolute Gasteiger partial charge is 0.338 e. The molecule has 2 aromatic carbocycles. The highest BCUT2D eigenvalue weighted by Crippen LogP contribution is 2.38. The summed E-state index contributed by atoms with van der Waals surface area (Å²) in [6, 6.07) is 7.15. The number of phenols is 1. The summed E-state index contributed by atoms with van der Waals surface area (Å²) in [5, 5.41) is 20.9. The Bertz CT molecular complexity index is 712. The van der Waals surface area contributed by atoms with E-state index < -0.39 is 28.1 Å². The zero-order chi connectivity index (χ0) is 15.6. The van der Waals surface area contributed by atoms with Crippen LogP contribution in [0.4, 0.5) is 10.1 Å². The topological polar surface area (TPSA) is 89.7 Å². The first-order valence-electron chi connectivity index (χ1n) is 5.79. The summed E-state index contributed by atoms with van der Waals surface area (Å²) in [6.07, 6.45) is 0. The summed E-state index contributed by atoms with van der Waals surface area (Å²) >= 11 is 0. The molecule has 0 aliphatic carbocycles. The van der Waals surface area contributed by atoms with Gasteiger partial charge in [0.2, 0.25) is 5.75 Å². The first kappa shape index (κ1) is 14.4. The minimum atomic E-state index is -0.811. The number of halogens is 1. The first-order valence-corrected chi connectivity index (χ1v) is 5.79. The highest BCUT2D eigenvalue weighted by atomic mass is 19.1. The summed E-state index contributed by atoms with van der Waals surface area (Å²) in [6.45, 7) is 0. The highest BCUT2D eigenvalue weighted by molar-refractivity contribution is 5.93. The number of nitro groups is 1. The number of benzene rings is 2. The first-order chi connectivity index (χ1) is 9.93. The number of aromatic hydroxyl groups is 1. The van der Waals surface area contributed by atoms with Gasteiger partial charge in [-0.1, -0.05) is 12.1 Å². The molecule has 0 amide bonds. The average Bonchev–Trinajstić information content (AvgIpc) is 2.47. The summed E-state index contributed by atoms with van der Waals surface area (Å²) in [4.78, 5) is 21.7. The maximum absolute atomic E-state index is 12.9. The van der Waals surface area contributed by atoms with Crippen LogP contribution in [0.2, 0.25) is 0 Å². The Morgan fingerprint density at radius 2 is 1.90 bits per heavy atom. The molecule has 0 atom stereocenters. The third-order valence-electron chi connectivity index (χ3n) is 2.86. The molecule has 0 aliphatic heterocycles. The Morgan fingerprint density at radius 3 is 2.43 bits per heavy atom. The van der Waals surface area contributed by atoms with Gasteiger partial charge < -0.3 is 9.84 Å². The van der Waals surface area contributed by atoms with Gasteiger partial charge in [0.1, 0.15) is 5.82 Å². The van der Waals surface area contributed by atoms with E-state index in [4.69, 9.17) is 0 Å². The van der Waals surface area contributed by atoms with E-state index >= 15 is 0 Å².